The number of esters is 1. The van der Waals surface area contributed by atoms with E-state index >= 15 is 0 Å². The second-order valence-electron chi connectivity index (χ2n) is 8.89. The van der Waals surface area contributed by atoms with Crippen LogP contribution in [0.2, 0.25) is 0 Å². The molecular formula is C24H44O5. The van der Waals surface area contributed by atoms with Gasteiger partial charge in [-0.2, -0.15) is 0 Å². The molecule has 1 saturated carbocycles. The van der Waals surface area contributed by atoms with Crippen molar-refractivity contribution in [3.8, 4) is 0 Å². The quantitative estimate of drug-likeness (QED) is 0.302. The van der Waals surface area contributed by atoms with Crippen molar-refractivity contribution in [3.63, 3.8) is 0 Å². The van der Waals surface area contributed by atoms with Gasteiger partial charge in [0.2, 0.25) is 0 Å². The van der Waals surface area contributed by atoms with Gasteiger partial charge in [0.05, 0.1) is 38.1 Å². The van der Waals surface area contributed by atoms with E-state index in [4.69, 9.17) is 14.2 Å². The molecule has 0 aromatic carbocycles. The highest BCUT2D eigenvalue weighted by Crippen LogP contribution is 2.43. The number of ether oxygens (including phenoxy) is 3. The smallest absolute Gasteiger partial charge is 0.305 e. The Morgan fingerprint density at radius 3 is 2.59 bits per heavy atom. The van der Waals surface area contributed by atoms with Gasteiger partial charge in [-0.3, -0.25) is 4.79 Å². The minimum atomic E-state index is -0.158. The van der Waals surface area contributed by atoms with E-state index in [2.05, 4.69) is 6.92 Å². The van der Waals surface area contributed by atoms with Crippen molar-refractivity contribution in [3.05, 3.63) is 0 Å². The van der Waals surface area contributed by atoms with Crippen LogP contribution in [0.5, 0.6) is 0 Å². The second-order valence-corrected chi connectivity index (χ2v) is 8.89. The van der Waals surface area contributed by atoms with Gasteiger partial charge in [-0.15, -0.1) is 0 Å². The zero-order valence-corrected chi connectivity index (χ0v) is 18.8. The fraction of sp³-hybridized carbons (Fsp3) is 0.958. The standard InChI is InChI=1S/C24H44O5/c1-3-5-8-11-20(25)15-14-19-18-22-24(29-17-16-28-22)21(19)12-9-6-7-10-13-23(26)27-4-2/h19-22,24-25H,3-18H2,1-2H3/t19-,20?,21+,22?,24?/m0/s1. The summed E-state index contributed by atoms with van der Waals surface area (Å²) in [6.07, 6.45) is 13.9. The fourth-order valence-electron chi connectivity index (χ4n) is 5.08. The molecule has 1 heterocycles. The number of aliphatic hydroxyl groups excluding tert-OH is 1. The van der Waals surface area contributed by atoms with Crippen LogP contribution in [-0.4, -0.2) is 49.2 Å². The molecule has 5 heteroatoms. The SMILES string of the molecule is CCCCCC(O)CC[C@H]1CC2OCCOC2[C@@H]1CCCCCCC(=O)OCC. The number of rotatable bonds is 15. The van der Waals surface area contributed by atoms with Crippen LogP contribution in [0.15, 0.2) is 0 Å². The maximum absolute atomic E-state index is 11.4. The van der Waals surface area contributed by atoms with E-state index in [1.54, 1.807) is 0 Å². The number of fused-ring (bicyclic) bond motifs is 1. The zero-order valence-electron chi connectivity index (χ0n) is 18.8. The summed E-state index contributed by atoms with van der Waals surface area (Å²) in [4.78, 5) is 11.4. The molecular weight excluding hydrogens is 368 g/mol. The van der Waals surface area contributed by atoms with E-state index in [9.17, 15) is 9.90 Å². The van der Waals surface area contributed by atoms with E-state index < -0.39 is 0 Å². The van der Waals surface area contributed by atoms with Crippen molar-refractivity contribution in [2.75, 3.05) is 19.8 Å². The topological polar surface area (TPSA) is 65.0 Å². The minimum absolute atomic E-state index is 0.0727. The molecule has 5 atom stereocenters. The molecule has 0 aromatic rings. The van der Waals surface area contributed by atoms with E-state index in [0.29, 0.717) is 38.1 Å². The molecule has 2 fully saturated rings. The van der Waals surface area contributed by atoms with Crippen molar-refractivity contribution < 1.29 is 24.1 Å². The first kappa shape index (κ1) is 24.6. The average Bonchev–Trinajstić information content (AvgIpc) is 3.07. The largest absolute Gasteiger partial charge is 0.466 e. The summed E-state index contributed by atoms with van der Waals surface area (Å²) >= 11 is 0. The van der Waals surface area contributed by atoms with E-state index in [1.165, 1.54) is 25.7 Å². The Bertz CT molecular complexity index is 441. The first-order valence-electron chi connectivity index (χ1n) is 12.2. The second kappa shape index (κ2) is 14.4. The Kier molecular flexibility index (Phi) is 12.2. The summed E-state index contributed by atoms with van der Waals surface area (Å²) in [5.41, 5.74) is 0. The molecule has 0 spiro atoms. The van der Waals surface area contributed by atoms with Gasteiger partial charge in [0, 0.05) is 6.42 Å². The summed E-state index contributed by atoms with van der Waals surface area (Å²) in [6, 6.07) is 0. The fourth-order valence-corrected chi connectivity index (χ4v) is 5.08. The first-order valence-corrected chi connectivity index (χ1v) is 12.2. The highest BCUT2D eigenvalue weighted by molar-refractivity contribution is 5.69. The lowest BCUT2D eigenvalue weighted by Gasteiger charge is -2.31. The summed E-state index contributed by atoms with van der Waals surface area (Å²) in [5.74, 6) is 1.08. The van der Waals surface area contributed by atoms with Crippen molar-refractivity contribution in [2.45, 2.75) is 116 Å². The van der Waals surface area contributed by atoms with Gasteiger partial charge < -0.3 is 19.3 Å². The summed E-state index contributed by atoms with van der Waals surface area (Å²) in [5, 5.41) is 10.3. The third-order valence-electron chi connectivity index (χ3n) is 6.64. The predicted octanol–water partition coefficient (Wildman–Crippen LogP) is 5.03. The molecule has 2 rings (SSSR count). The molecule has 1 aliphatic carbocycles. The lowest BCUT2D eigenvalue weighted by molar-refractivity contribution is -0.143. The van der Waals surface area contributed by atoms with Crippen LogP contribution in [-0.2, 0) is 19.0 Å². The summed E-state index contributed by atoms with van der Waals surface area (Å²) in [7, 11) is 0. The normalized spacial score (nSPS) is 27.6. The van der Waals surface area contributed by atoms with E-state index in [1.807, 2.05) is 6.92 Å². The number of hydrogen-bond acceptors (Lipinski definition) is 5. The van der Waals surface area contributed by atoms with Crippen LogP contribution < -0.4 is 0 Å². The van der Waals surface area contributed by atoms with Gasteiger partial charge in [0.1, 0.15) is 0 Å². The third-order valence-corrected chi connectivity index (χ3v) is 6.64. The van der Waals surface area contributed by atoms with Crippen LogP contribution in [0.3, 0.4) is 0 Å². The number of hydrogen-bond donors (Lipinski definition) is 1. The molecule has 5 nitrogen and oxygen atoms in total. The van der Waals surface area contributed by atoms with E-state index in [-0.39, 0.29) is 24.3 Å². The molecule has 1 saturated heterocycles. The maximum atomic E-state index is 11.4. The number of carbonyl (C=O) groups excluding carboxylic acids is 1. The molecule has 0 amide bonds. The monoisotopic (exact) mass is 412 g/mol. The van der Waals surface area contributed by atoms with Gasteiger partial charge in [0.15, 0.2) is 0 Å². The Labute approximate surface area is 177 Å². The lowest BCUT2D eigenvalue weighted by Crippen LogP contribution is -2.38. The van der Waals surface area contributed by atoms with Crippen LogP contribution in [0, 0.1) is 11.8 Å². The molecule has 2 aliphatic rings. The Morgan fingerprint density at radius 1 is 1.00 bits per heavy atom. The van der Waals surface area contributed by atoms with Gasteiger partial charge in [-0.1, -0.05) is 45.4 Å². The molecule has 1 N–H and O–H groups in total. The molecule has 0 aromatic heterocycles. The van der Waals surface area contributed by atoms with Crippen molar-refractivity contribution in [1.82, 2.24) is 0 Å². The lowest BCUT2D eigenvalue weighted by atomic mass is 9.85. The molecule has 1 aliphatic heterocycles. The van der Waals surface area contributed by atoms with Crippen molar-refractivity contribution in [2.24, 2.45) is 11.8 Å². The van der Waals surface area contributed by atoms with Crippen LogP contribution in [0.25, 0.3) is 0 Å². The molecule has 0 radical (unpaired) electrons. The number of aliphatic hydroxyl groups is 1. The predicted molar refractivity (Wildman–Crippen MR) is 115 cm³/mol. The van der Waals surface area contributed by atoms with E-state index in [0.717, 1.165) is 51.4 Å². The highest BCUT2D eigenvalue weighted by atomic mass is 16.6. The molecule has 29 heavy (non-hydrogen) atoms. The Balaban J connectivity index is 1.70. The molecule has 170 valence electrons. The van der Waals surface area contributed by atoms with Gasteiger partial charge in [0.25, 0.3) is 0 Å². The van der Waals surface area contributed by atoms with Crippen LogP contribution >= 0.6 is 0 Å². The number of carbonyl (C=O) groups is 1. The highest BCUT2D eigenvalue weighted by Gasteiger charge is 2.45. The zero-order chi connectivity index (χ0) is 20.9. The van der Waals surface area contributed by atoms with Gasteiger partial charge >= 0.3 is 5.97 Å². The number of unbranched alkanes of at least 4 members (excludes halogenated alkanes) is 5. The summed E-state index contributed by atoms with van der Waals surface area (Å²) in [6.45, 7) is 5.95. The van der Waals surface area contributed by atoms with Crippen molar-refractivity contribution >= 4 is 5.97 Å². The summed E-state index contributed by atoms with van der Waals surface area (Å²) < 4.78 is 17.1. The van der Waals surface area contributed by atoms with Crippen LogP contribution in [0.4, 0.5) is 0 Å². The Morgan fingerprint density at radius 2 is 1.79 bits per heavy atom. The minimum Gasteiger partial charge on any atom is -0.466 e. The Hall–Kier alpha value is -0.650. The van der Waals surface area contributed by atoms with Crippen molar-refractivity contribution in [1.29, 1.82) is 0 Å². The van der Waals surface area contributed by atoms with Crippen LogP contribution in [0.1, 0.15) is 97.3 Å². The molecule has 3 unspecified atom stereocenters. The van der Waals surface area contributed by atoms with Gasteiger partial charge in [-0.25, -0.2) is 0 Å². The average molecular weight is 413 g/mol. The first-order chi connectivity index (χ1) is 14.2. The van der Waals surface area contributed by atoms with Gasteiger partial charge in [-0.05, 0) is 57.3 Å². The maximum Gasteiger partial charge on any atom is 0.305 e. The molecule has 0 bridgehead atoms. The third kappa shape index (κ3) is 8.94.